The maximum atomic E-state index is 12.0. The number of aliphatic hydroxyl groups is 1. The molecule has 116 valence electrons. The number of anilines is 1. The van der Waals surface area contributed by atoms with E-state index in [0.717, 1.165) is 33.7 Å². The standard InChI is InChI=1S/C18H21NO2S/c1-13-4-3-5-14(2)18(13)19-17(21)12-22-11-16-8-6-15(10-20)7-9-16/h3-9,20H,10-12H2,1-2H3,(H,19,21). The zero-order chi connectivity index (χ0) is 15.9. The minimum atomic E-state index is 0.0226. The first-order valence-electron chi connectivity index (χ1n) is 7.22. The summed E-state index contributed by atoms with van der Waals surface area (Å²) in [5.41, 5.74) is 5.14. The van der Waals surface area contributed by atoms with E-state index in [2.05, 4.69) is 5.32 Å². The third-order valence-corrected chi connectivity index (χ3v) is 4.46. The first-order valence-corrected chi connectivity index (χ1v) is 8.38. The molecule has 0 unspecified atom stereocenters. The Labute approximate surface area is 135 Å². The summed E-state index contributed by atoms with van der Waals surface area (Å²) in [4.78, 5) is 12.0. The lowest BCUT2D eigenvalue weighted by atomic mass is 10.1. The molecule has 0 aliphatic heterocycles. The molecule has 0 aliphatic carbocycles. The Kier molecular flexibility index (Phi) is 6.04. The number of benzene rings is 2. The van der Waals surface area contributed by atoms with Crippen molar-refractivity contribution in [1.82, 2.24) is 0 Å². The van der Waals surface area contributed by atoms with Gasteiger partial charge in [-0.05, 0) is 36.1 Å². The van der Waals surface area contributed by atoms with Gasteiger partial charge in [0.1, 0.15) is 0 Å². The number of nitrogens with one attached hydrogen (secondary N) is 1. The lowest BCUT2D eigenvalue weighted by Gasteiger charge is -2.11. The van der Waals surface area contributed by atoms with Gasteiger partial charge in [0.15, 0.2) is 0 Å². The van der Waals surface area contributed by atoms with E-state index in [1.54, 1.807) is 11.8 Å². The number of carbonyl (C=O) groups is 1. The fraction of sp³-hybridized carbons (Fsp3) is 0.278. The molecule has 0 bridgehead atoms. The van der Waals surface area contributed by atoms with Gasteiger partial charge in [0.25, 0.3) is 0 Å². The van der Waals surface area contributed by atoms with Crippen molar-refractivity contribution in [2.45, 2.75) is 26.2 Å². The second-order valence-corrected chi connectivity index (χ2v) is 6.27. The van der Waals surface area contributed by atoms with Gasteiger partial charge >= 0.3 is 0 Å². The number of hydrogen-bond acceptors (Lipinski definition) is 3. The topological polar surface area (TPSA) is 49.3 Å². The van der Waals surface area contributed by atoms with Crippen LogP contribution in [-0.2, 0) is 17.2 Å². The van der Waals surface area contributed by atoms with Crippen molar-refractivity contribution in [2.24, 2.45) is 0 Å². The van der Waals surface area contributed by atoms with Crippen molar-refractivity contribution < 1.29 is 9.90 Å². The maximum absolute atomic E-state index is 12.0. The molecular formula is C18H21NO2S. The summed E-state index contributed by atoms with van der Waals surface area (Å²) in [6.45, 7) is 4.06. The molecule has 0 saturated carbocycles. The minimum Gasteiger partial charge on any atom is -0.392 e. The molecule has 0 radical (unpaired) electrons. The lowest BCUT2D eigenvalue weighted by Crippen LogP contribution is -2.15. The molecule has 2 aromatic carbocycles. The molecule has 0 saturated heterocycles. The van der Waals surface area contributed by atoms with E-state index < -0.39 is 0 Å². The van der Waals surface area contributed by atoms with Crippen molar-refractivity contribution in [2.75, 3.05) is 11.1 Å². The summed E-state index contributed by atoms with van der Waals surface area (Å²) < 4.78 is 0. The molecule has 0 spiro atoms. The van der Waals surface area contributed by atoms with Crippen LogP contribution in [-0.4, -0.2) is 16.8 Å². The van der Waals surface area contributed by atoms with E-state index in [1.165, 1.54) is 0 Å². The van der Waals surface area contributed by atoms with Gasteiger partial charge in [-0.2, -0.15) is 0 Å². The normalized spacial score (nSPS) is 10.5. The molecular weight excluding hydrogens is 294 g/mol. The number of rotatable bonds is 6. The molecule has 0 atom stereocenters. The Hall–Kier alpha value is -1.78. The molecule has 2 aromatic rings. The van der Waals surface area contributed by atoms with Crippen LogP contribution in [0.1, 0.15) is 22.3 Å². The molecule has 4 heteroatoms. The highest BCUT2D eigenvalue weighted by molar-refractivity contribution is 7.99. The van der Waals surface area contributed by atoms with Crippen LogP contribution >= 0.6 is 11.8 Å². The zero-order valence-electron chi connectivity index (χ0n) is 12.9. The van der Waals surface area contributed by atoms with E-state index in [4.69, 9.17) is 5.11 Å². The molecule has 0 aromatic heterocycles. The number of para-hydroxylation sites is 1. The van der Waals surface area contributed by atoms with Gasteiger partial charge < -0.3 is 10.4 Å². The van der Waals surface area contributed by atoms with Crippen molar-refractivity contribution in [3.05, 3.63) is 64.7 Å². The number of hydrogen-bond donors (Lipinski definition) is 2. The van der Waals surface area contributed by atoms with Gasteiger partial charge in [-0.1, -0.05) is 42.5 Å². The Morgan fingerprint density at radius 1 is 1.05 bits per heavy atom. The molecule has 0 fully saturated rings. The van der Waals surface area contributed by atoms with Crippen LogP contribution < -0.4 is 5.32 Å². The monoisotopic (exact) mass is 315 g/mol. The summed E-state index contributed by atoms with van der Waals surface area (Å²) in [5, 5.41) is 12.0. The van der Waals surface area contributed by atoms with Gasteiger partial charge in [-0.3, -0.25) is 4.79 Å². The third-order valence-electron chi connectivity index (χ3n) is 3.45. The average Bonchev–Trinajstić information content (AvgIpc) is 2.52. The number of carbonyl (C=O) groups excluding carboxylic acids is 1. The summed E-state index contributed by atoms with van der Waals surface area (Å²) in [7, 11) is 0. The summed E-state index contributed by atoms with van der Waals surface area (Å²) in [6, 6.07) is 13.8. The molecule has 0 aliphatic rings. The zero-order valence-corrected chi connectivity index (χ0v) is 13.7. The van der Waals surface area contributed by atoms with E-state index in [-0.39, 0.29) is 12.5 Å². The lowest BCUT2D eigenvalue weighted by molar-refractivity contribution is -0.113. The van der Waals surface area contributed by atoms with E-state index in [0.29, 0.717) is 5.75 Å². The van der Waals surface area contributed by atoms with Gasteiger partial charge in [-0.25, -0.2) is 0 Å². The molecule has 1 amide bonds. The second-order valence-electron chi connectivity index (χ2n) is 5.28. The first kappa shape index (κ1) is 16.6. The highest BCUT2D eigenvalue weighted by Crippen LogP contribution is 2.20. The first-order chi connectivity index (χ1) is 10.6. The fourth-order valence-corrected chi connectivity index (χ4v) is 2.98. The number of amides is 1. The predicted molar refractivity (Wildman–Crippen MR) is 93.1 cm³/mol. The SMILES string of the molecule is Cc1cccc(C)c1NC(=O)CSCc1ccc(CO)cc1. The Morgan fingerprint density at radius 3 is 2.23 bits per heavy atom. The van der Waals surface area contributed by atoms with E-state index in [9.17, 15) is 4.79 Å². The average molecular weight is 315 g/mol. The van der Waals surface area contributed by atoms with Gasteiger partial charge in [0.2, 0.25) is 5.91 Å². The third kappa shape index (κ3) is 4.61. The van der Waals surface area contributed by atoms with Crippen LogP contribution in [0.2, 0.25) is 0 Å². The maximum Gasteiger partial charge on any atom is 0.234 e. The summed E-state index contributed by atoms with van der Waals surface area (Å²) in [6.07, 6.45) is 0. The van der Waals surface area contributed by atoms with Crippen molar-refractivity contribution in [1.29, 1.82) is 0 Å². The largest absolute Gasteiger partial charge is 0.392 e. The Morgan fingerprint density at radius 2 is 1.64 bits per heavy atom. The highest BCUT2D eigenvalue weighted by Gasteiger charge is 2.07. The second kappa shape index (κ2) is 8.01. The number of aliphatic hydroxyl groups excluding tert-OH is 1. The van der Waals surface area contributed by atoms with Crippen LogP contribution in [0.25, 0.3) is 0 Å². The fourth-order valence-electron chi connectivity index (χ4n) is 2.19. The van der Waals surface area contributed by atoms with Crippen LogP contribution in [0.4, 0.5) is 5.69 Å². The summed E-state index contributed by atoms with van der Waals surface area (Å²) in [5.74, 6) is 1.23. The van der Waals surface area contributed by atoms with E-state index in [1.807, 2.05) is 56.3 Å². The van der Waals surface area contributed by atoms with Crippen LogP contribution in [0.5, 0.6) is 0 Å². The van der Waals surface area contributed by atoms with E-state index >= 15 is 0 Å². The summed E-state index contributed by atoms with van der Waals surface area (Å²) >= 11 is 1.58. The molecule has 22 heavy (non-hydrogen) atoms. The Bertz CT molecular complexity index is 618. The van der Waals surface area contributed by atoms with Crippen LogP contribution in [0.15, 0.2) is 42.5 Å². The van der Waals surface area contributed by atoms with Gasteiger partial charge in [-0.15, -0.1) is 11.8 Å². The molecule has 2 rings (SSSR count). The number of aryl methyl sites for hydroxylation is 2. The van der Waals surface area contributed by atoms with Crippen molar-refractivity contribution >= 4 is 23.4 Å². The smallest absolute Gasteiger partial charge is 0.234 e. The molecule has 3 nitrogen and oxygen atoms in total. The van der Waals surface area contributed by atoms with Crippen LogP contribution in [0.3, 0.4) is 0 Å². The Balaban J connectivity index is 1.82. The van der Waals surface area contributed by atoms with Crippen molar-refractivity contribution in [3.8, 4) is 0 Å². The number of thioether (sulfide) groups is 1. The van der Waals surface area contributed by atoms with Gasteiger partial charge in [0.05, 0.1) is 12.4 Å². The highest BCUT2D eigenvalue weighted by atomic mass is 32.2. The minimum absolute atomic E-state index is 0.0226. The van der Waals surface area contributed by atoms with Crippen LogP contribution in [0, 0.1) is 13.8 Å². The van der Waals surface area contributed by atoms with Gasteiger partial charge in [0, 0.05) is 11.4 Å². The predicted octanol–water partition coefficient (Wildman–Crippen LogP) is 3.67. The van der Waals surface area contributed by atoms with Crippen molar-refractivity contribution in [3.63, 3.8) is 0 Å². The molecule has 0 heterocycles. The quantitative estimate of drug-likeness (QED) is 0.855. The molecule has 2 N–H and O–H groups in total.